The van der Waals surface area contributed by atoms with Crippen molar-refractivity contribution in [3.63, 3.8) is 0 Å². The van der Waals surface area contributed by atoms with Gasteiger partial charge in [-0.1, -0.05) is 32.9 Å². The molecule has 0 aromatic heterocycles. The molecule has 2 aromatic rings. The number of ether oxygens (including phenoxy) is 3. The first-order valence-electron chi connectivity index (χ1n) is 10.4. The Morgan fingerprint density at radius 3 is 2.37 bits per heavy atom. The topological polar surface area (TPSA) is 56.8 Å². The number of methoxy groups -OCH3 is 1. The van der Waals surface area contributed by atoms with E-state index in [9.17, 15) is 4.79 Å². The third kappa shape index (κ3) is 5.07. The number of amides is 1. The SMILES string of the molecule is COc1ccc2c(c1)OC(C)(C)CC2NC(=O)C(C)Oc1ccc(C(C)(C)C)cc1. The molecule has 162 valence electrons. The van der Waals surface area contributed by atoms with Gasteiger partial charge in [-0.3, -0.25) is 4.79 Å². The van der Waals surface area contributed by atoms with Crippen molar-refractivity contribution >= 4 is 5.91 Å². The van der Waals surface area contributed by atoms with Crippen LogP contribution in [-0.2, 0) is 10.2 Å². The van der Waals surface area contributed by atoms with E-state index in [2.05, 4.69) is 26.1 Å². The minimum Gasteiger partial charge on any atom is -0.497 e. The first-order valence-corrected chi connectivity index (χ1v) is 10.4. The van der Waals surface area contributed by atoms with Gasteiger partial charge in [-0.25, -0.2) is 0 Å². The summed E-state index contributed by atoms with van der Waals surface area (Å²) in [5.74, 6) is 2.00. The number of carbonyl (C=O) groups excluding carboxylic acids is 1. The van der Waals surface area contributed by atoms with E-state index in [4.69, 9.17) is 14.2 Å². The van der Waals surface area contributed by atoms with Gasteiger partial charge in [-0.05, 0) is 56.0 Å². The fraction of sp³-hybridized carbons (Fsp3) is 0.480. The summed E-state index contributed by atoms with van der Waals surface area (Å²) in [7, 11) is 1.63. The summed E-state index contributed by atoms with van der Waals surface area (Å²) in [6.07, 6.45) is 0.0589. The van der Waals surface area contributed by atoms with E-state index in [1.807, 2.05) is 56.3 Å². The zero-order valence-electron chi connectivity index (χ0n) is 19.0. The number of hydrogen-bond donors (Lipinski definition) is 1. The van der Waals surface area contributed by atoms with E-state index in [1.165, 1.54) is 5.56 Å². The predicted octanol–water partition coefficient (Wildman–Crippen LogP) is 5.18. The lowest BCUT2D eigenvalue weighted by Crippen LogP contribution is -2.44. The molecule has 0 fully saturated rings. The first-order chi connectivity index (χ1) is 14.0. The van der Waals surface area contributed by atoms with Crippen molar-refractivity contribution < 1.29 is 19.0 Å². The van der Waals surface area contributed by atoms with E-state index in [1.54, 1.807) is 14.0 Å². The fourth-order valence-electron chi connectivity index (χ4n) is 3.67. The number of benzene rings is 2. The van der Waals surface area contributed by atoms with Gasteiger partial charge < -0.3 is 19.5 Å². The second-order valence-electron chi connectivity index (χ2n) is 9.57. The molecule has 0 saturated heterocycles. The van der Waals surface area contributed by atoms with Crippen LogP contribution in [0.15, 0.2) is 42.5 Å². The zero-order chi connectivity index (χ0) is 22.1. The Kier molecular flexibility index (Phi) is 6.02. The minimum atomic E-state index is -0.613. The van der Waals surface area contributed by atoms with Crippen LogP contribution in [0, 0.1) is 0 Å². The van der Waals surface area contributed by atoms with Crippen molar-refractivity contribution in [3.8, 4) is 17.2 Å². The summed E-state index contributed by atoms with van der Waals surface area (Å²) in [5, 5.41) is 3.14. The average Bonchev–Trinajstić information content (AvgIpc) is 2.66. The van der Waals surface area contributed by atoms with Crippen LogP contribution < -0.4 is 19.5 Å². The molecule has 0 aliphatic carbocycles. The lowest BCUT2D eigenvalue weighted by molar-refractivity contribution is -0.128. The molecular weight excluding hydrogens is 378 g/mol. The summed E-state index contributed by atoms with van der Waals surface area (Å²) < 4.78 is 17.3. The number of carbonyl (C=O) groups is 1. The summed E-state index contributed by atoms with van der Waals surface area (Å²) in [5.41, 5.74) is 1.85. The first kappa shape index (κ1) is 22.0. The van der Waals surface area contributed by atoms with Gasteiger partial charge >= 0.3 is 0 Å². The molecule has 30 heavy (non-hydrogen) atoms. The van der Waals surface area contributed by atoms with E-state index >= 15 is 0 Å². The maximum Gasteiger partial charge on any atom is 0.261 e. The standard InChI is InChI=1S/C25H33NO4/c1-16(29-18-10-8-17(9-11-18)24(2,3)4)23(27)26-21-15-25(5,6)30-22-14-19(28-7)12-13-20(21)22/h8-14,16,21H,15H2,1-7H3,(H,26,27). The average molecular weight is 412 g/mol. The Morgan fingerprint density at radius 1 is 1.13 bits per heavy atom. The molecule has 0 saturated carbocycles. The van der Waals surface area contributed by atoms with Gasteiger partial charge in [0.25, 0.3) is 5.91 Å². The highest BCUT2D eigenvalue weighted by atomic mass is 16.5. The van der Waals surface area contributed by atoms with Crippen molar-refractivity contribution in [1.82, 2.24) is 5.32 Å². The molecule has 0 spiro atoms. The van der Waals surface area contributed by atoms with Gasteiger partial charge in [-0.15, -0.1) is 0 Å². The van der Waals surface area contributed by atoms with Crippen LogP contribution in [0.25, 0.3) is 0 Å². The monoisotopic (exact) mass is 411 g/mol. The number of rotatable bonds is 5. The lowest BCUT2D eigenvalue weighted by atomic mass is 9.87. The highest BCUT2D eigenvalue weighted by Crippen LogP contribution is 2.41. The van der Waals surface area contributed by atoms with Crippen molar-refractivity contribution in [1.29, 1.82) is 0 Å². The van der Waals surface area contributed by atoms with Gasteiger partial charge in [-0.2, -0.15) is 0 Å². The molecule has 3 rings (SSSR count). The van der Waals surface area contributed by atoms with E-state index in [0.717, 1.165) is 17.1 Å². The van der Waals surface area contributed by atoms with Crippen LogP contribution in [0.1, 0.15) is 65.1 Å². The molecular formula is C25H33NO4. The predicted molar refractivity (Wildman–Crippen MR) is 118 cm³/mol. The van der Waals surface area contributed by atoms with E-state index in [-0.39, 0.29) is 17.4 Å². The Labute approximate surface area is 179 Å². The number of hydrogen-bond acceptors (Lipinski definition) is 4. The molecule has 1 amide bonds. The fourth-order valence-corrected chi connectivity index (χ4v) is 3.67. The summed E-state index contributed by atoms with van der Waals surface area (Å²) in [6.45, 7) is 12.3. The van der Waals surface area contributed by atoms with Crippen molar-refractivity contribution in [2.45, 2.75) is 71.1 Å². The highest BCUT2D eigenvalue weighted by Gasteiger charge is 2.35. The van der Waals surface area contributed by atoms with Gasteiger partial charge in [0.1, 0.15) is 22.8 Å². The van der Waals surface area contributed by atoms with Gasteiger partial charge in [0, 0.05) is 18.1 Å². The Morgan fingerprint density at radius 2 is 1.77 bits per heavy atom. The Bertz CT molecular complexity index is 896. The molecule has 5 nitrogen and oxygen atoms in total. The molecule has 2 aromatic carbocycles. The summed E-state index contributed by atoms with van der Waals surface area (Å²) in [6, 6.07) is 13.5. The Balaban J connectivity index is 1.70. The molecule has 0 radical (unpaired) electrons. The van der Waals surface area contributed by atoms with Crippen LogP contribution >= 0.6 is 0 Å². The Hall–Kier alpha value is -2.69. The molecule has 2 unspecified atom stereocenters. The van der Waals surface area contributed by atoms with Crippen LogP contribution in [0.5, 0.6) is 17.2 Å². The van der Waals surface area contributed by atoms with Crippen molar-refractivity contribution in [2.75, 3.05) is 7.11 Å². The second kappa shape index (κ2) is 8.21. The van der Waals surface area contributed by atoms with Gasteiger partial charge in [0.15, 0.2) is 6.10 Å². The van der Waals surface area contributed by atoms with E-state index < -0.39 is 11.7 Å². The maximum atomic E-state index is 12.9. The molecule has 1 N–H and O–H groups in total. The van der Waals surface area contributed by atoms with E-state index in [0.29, 0.717) is 12.2 Å². The van der Waals surface area contributed by atoms with Crippen LogP contribution in [0.2, 0.25) is 0 Å². The van der Waals surface area contributed by atoms with Gasteiger partial charge in [0.2, 0.25) is 0 Å². The summed E-state index contributed by atoms with van der Waals surface area (Å²) in [4.78, 5) is 12.9. The molecule has 5 heteroatoms. The largest absolute Gasteiger partial charge is 0.497 e. The third-order valence-electron chi connectivity index (χ3n) is 5.40. The van der Waals surface area contributed by atoms with Gasteiger partial charge in [0.05, 0.1) is 13.2 Å². The smallest absolute Gasteiger partial charge is 0.261 e. The summed E-state index contributed by atoms with van der Waals surface area (Å²) >= 11 is 0. The number of nitrogens with one attached hydrogen (secondary N) is 1. The zero-order valence-corrected chi connectivity index (χ0v) is 19.0. The minimum absolute atomic E-state index is 0.0768. The van der Waals surface area contributed by atoms with Crippen molar-refractivity contribution in [3.05, 3.63) is 53.6 Å². The third-order valence-corrected chi connectivity index (χ3v) is 5.40. The molecule has 1 aliphatic heterocycles. The quantitative estimate of drug-likeness (QED) is 0.737. The molecule has 0 bridgehead atoms. The van der Waals surface area contributed by atoms with Crippen LogP contribution in [0.3, 0.4) is 0 Å². The highest BCUT2D eigenvalue weighted by molar-refractivity contribution is 5.81. The maximum absolute atomic E-state index is 12.9. The second-order valence-corrected chi connectivity index (χ2v) is 9.57. The molecule has 1 heterocycles. The molecule has 1 aliphatic rings. The number of fused-ring (bicyclic) bond motifs is 1. The molecule has 2 atom stereocenters. The van der Waals surface area contributed by atoms with Crippen molar-refractivity contribution in [2.24, 2.45) is 0 Å². The van der Waals surface area contributed by atoms with Crippen LogP contribution in [-0.4, -0.2) is 24.7 Å². The van der Waals surface area contributed by atoms with Crippen LogP contribution in [0.4, 0.5) is 0 Å². The lowest BCUT2D eigenvalue weighted by Gasteiger charge is -2.38. The normalized spacial score (nSPS) is 18.6.